The topological polar surface area (TPSA) is 78.0 Å². The second kappa shape index (κ2) is 7.57. The predicted octanol–water partition coefficient (Wildman–Crippen LogP) is 0.299. The van der Waals surface area contributed by atoms with E-state index in [1.807, 2.05) is 24.0 Å². The van der Waals surface area contributed by atoms with Gasteiger partial charge in [-0.05, 0) is 0 Å². The first-order valence-electron chi connectivity index (χ1n) is 5.19. The van der Waals surface area contributed by atoms with Gasteiger partial charge in [-0.25, -0.2) is 4.98 Å². The van der Waals surface area contributed by atoms with Crippen LogP contribution in [0.4, 0.5) is 0 Å². The highest BCUT2D eigenvalue weighted by atomic mass is 32.2. The Kier molecular flexibility index (Phi) is 5.96. The summed E-state index contributed by atoms with van der Waals surface area (Å²) in [6, 6.07) is 0. The molecular weight excluding hydrogens is 236 g/mol. The Labute approximate surface area is 105 Å². The highest BCUT2D eigenvalue weighted by molar-refractivity contribution is 7.98. The van der Waals surface area contributed by atoms with Crippen LogP contribution in [-0.4, -0.2) is 34.9 Å². The van der Waals surface area contributed by atoms with Gasteiger partial charge < -0.3 is 9.88 Å². The Bertz CT molecular complexity index is 405. The van der Waals surface area contributed by atoms with Crippen molar-refractivity contribution >= 4 is 17.7 Å². The SMILES string of the molecule is CNC(=NCCSCc1nccn1C)NC#N. The minimum Gasteiger partial charge on any atom is -0.359 e. The number of aryl methyl sites for hydroxylation is 1. The van der Waals surface area contributed by atoms with Gasteiger partial charge in [0.2, 0.25) is 5.96 Å². The highest BCUT2D eigenvalue weighted by Crippen LogP contribution is 2.08. The monoisotopic (exact) mass is 252 g/mol. The number of hydrogen-bond donors (Lipinski definition) is 2. The van der Waals surface area contributed by atoms with Gasteiger partial charge in [-0.3, -0.25) is 10.3 Å². The molecule has 0 amide bonds. The van der Waals surface area contributed by atoms with Gasteiger partial charge in [0.25, 0.3) is 0 Å². The molecule has 0 unspecified atom stereocenters. The van der Waals surface area contributed by atoms with E-state index in [4.69, 9.17) is 5.26 Å². The van der Waals surface area contributed by atoms with Crippen LogP contribution in [0.15, 0.2) is 17.4 Å². The van der Waals surface area contributed by atoms with Crippen molar-refractivity contribution in [1.82, 2.24) is 20.2 Å². The van der Waals surface area contributed by atoms with Gasteiger partial charge in [-0.15, -0.1) is 0 Å². The van der Waals surface area contributed by atoms with Gasteiger partial charge >= 0.3 is 0 Å². The van der Waals surface area contributed by atoms with Crippen LogP contribution in [0.3, 0.4) is 0 Å². The standard InChI is InChI=1S/C10H16N6S/c1-12-10(15-8-11)14-4-6-17-7-9-13-3-5-16(9)2/h3,5H,4,6-7H2,1-2H3,(H2,12,14,15). The summed E-state index contributed by atoms with van der Waals surface area (Å²) in [5, 5.41) is 13.7. The first-order chi connectivity index (χ1) is 8.27. The van der Waals surface area contributed by atoms with Crippen molar-refractivity contribution in [2.24, 2.45) is 12.0 Å². The number of imidazole rings is 1. The molecule has 92 valence electrons. The Morgan fingerprint density at radius 3 is 3.12 bits per heavy atom. The lowest BCUT2D eigenvalue weighted by Crippen LogP contribution is -2.31. The summed E-state index contributed by atoms with van der Waals surface area (Å²) in [6.45, 7) is 0.667. The molecule has 1 aromatic rings. The van der Waals surface area contributed by atoms with Crippen LogP contribution in [0, 0.1) is 11.5 Å². The van der Waals surface area contributed by atoms with Crippen LogP contribution >= 0.6 is 11.8 Å². The predicted molar refractivity (Wildman–Crippen MR) is 69.5 cm³/mol. The molecule has 0 spiro atoms. The maximum atomic E-state index is 8.43. The molecule has 1 heterocycles. The van der Waals surface area contributed by atoms with Crippen LogP contribution in [0.5, 0.6) is 0 Å². The van der Waals surface area contributed by atoms with E-state index in [1.54, 1.807) is 25.0 Å². The molecule has 0 saturated heterocycles. The van der Waals surface area contributed by atoms with E-state index >= 15 is 0 Å². The highest BCUT2D eigenvalue weighted by Gasteiger charge is 1.98. The number of thioether (sulfide) groups is 1. The number of nitrogens with zero attached hydrogens (tertiary/aromatic N) is 4. The molecule has 0 aliphatic carbocycles. The Morgan fingerprint density at radius 2 is 2.53 bits per heavy atom. The summed E-state index contributed by atoms with van der Waals surface area (Å²) in [5.41, 5.74) is 0. The van der Waals surface area contributed by atoms with Gasteiger partial charge in [0.1, 0.15) is 5.82 Å². The minimum absolute atomic E-state index is 0.505. The molecule has 1 aromatic heterocycles. The van der Waals surface area contributed by atoms with Crippen LogP contribution < -0.4 is 10.6 Å². The number of guanidine groups is 1. The first-order valence-corrected chi connectivity index (χ1v) is 6.34. The fourth-order valence-corrected chi connectivity index (χ4v) is 1.98. The van der Waals surface area contributed by atoms with Gasteiger partial charge in [0.15, 0.2) is 6.19 Å². The van der Waals surface area contributed by atoms with Gasteiger partial charge in [-0.1, -0.05) is 0 Å². The van der Waals surface area contributed by atoms with Crippen LogP contribution in [0.1, 0.15) is 5.82 Å². The largest absolute Gasteiger partial charge is 0.359 e. The van der Waals surface area contributed by atoms with E-state index in [0.29, 0.717) is 12.5 Å². The average Bonchev–Trinajstić information content (AvgIpc) is 2.73. The van der Waals surface area contributed by atoms with E-state index in [2.05, 4.69) is 20.6 Å². The second-order valence-corrected chi connectivity index (χ2v) is 4.33. The Morgan fingerprint density at radius 1 is 1.71 bits per heavy atom. The van der Waals surface area contributed by atoms with E-state index in [9.17, 15) is 0 Å². The number of hydrogen-bond acceptors (Lipinski definition) is 4. The van der Waals surface area contributed by atoms with E-state index in [-0.39, 0.29) is 0 Å². The maximum absolute atomic E-state index is 8.43. The smallest absolute Gasteiger partial charge is 0.204 e. The fraction of sp³-hybridized carbons (Fsp3) is 0.500. The van der Waals surface area contributed by atoms with Crippen LogP contribution in [0.2, 0.25) is 0 Å². The third-order valence-electron chi connectivity index (χ3n) is 2.07. The lowest BCUT2D eigenvalue weighted by Gasteiger charge is -2.03. The quantitative estimate of drug-likeness (QED) is 0.259. The molecule has 0 aromatic carbocycles. The van der Waals surface area contributed by atoms with E-state index in [1.165, 1.54) is 0 Å². The van der Waals surface area contributed by atoms with Crippen molar-refractivity contribution in [3.05, 3.63) is 18.2 Å². The summed E-state index contributed by atoms with van der Waals surface area (Å²) in [4.78, 5) is 8.43. The van der Waals surface area contributed by atoms with Crippen molar-refractivity contribution < 1.29 is 0 Å². The molecule has 0 aliphatic rings. The molecule has 0 atom stereocenters. The number of rotatable bonds is 5. The third-order valence-corrected chi connectivity index (χ3v) is 3.00. The Hall–Kier alpha value is -1.68. The zero-order valence-electron chi connectivity index (χ0n) is 9.97. The van der Waals surface area contributed by atoms with Crippen LogP contribution in [0.25, 0.3) is 0 Å². The number of nitrogens with one attached hydrogen (secondary N) is 2. The number of aliphatic imine (C=N–C) groups is 1. The zero-order valence-corrected chi connectivity index (χ0v) is 10.8. The summed E-state index contributed by atoms with van der Waals surface area (Å²) >= 11 is 1.77. The normalized spacial score (nSPS) is 11.0. The third kappa shape index (κ3) is 4.78. The van der Waals surface area contributed by atoms with Gasteiger partial charge in [0, 0.05) is 32.2 Å². The van der Waals surface area contributed by atoms with Crippen LogP contribution in [-0.2, 0) is 12.8 Å². The summed E-state index contributed by atoms with van der Waals surface area (Å²) in [7, 11) is 3.71. The molecule has 0 saturated carbocycles. The molecule has 17 heavy (non-hydrogen) atoms. The Balaban J connectivity index is 2.20. The fourth-order valence-electron chi connectivity index (χ4n) is 1.16. The molecule has 0 radical (unpaired) electrons. The second-order valence-electron chi connectivity index (χ2n) is 3.22. The minimum atomic E-state index is 0.505. The summed E-state index contributed by atoms with van der Waals surface area (Å²) in [5.74, 6) is 3.33. The molecule has 0 bridgehead atoms. The van der Waals surface area contributed by atoms with Crippen molar-refractivity contribution in [2.45, 2.75) is 5.75 Å². The van der Waals surface area contributed by atoms with Crippen molar-refractivity contribution in [1.29, 1.82) is 5.26 Å². The van der Waals surface area contributed by atoms with E-state index < -0.39 is 0 Å². The first kappa shape index (κ1) is 13.4. The molecule has 0 aliphatic heterocycles. The van der Waals surface area contributed by atoms with E-state index in [0.717, 1.165) is 17.3 Å². The number of aromatic nitrogens is 2. The average molecular weight is 252 g/mol. The maximum Gasteiger partial charge on any atom is 0.204 e. The lowest BCUT2D eigenvalue weighted by atomic mass is 10.7. The molecule has 7 heteroatoms. The van der Waals surface area contributed by atoms with Gasteiger partial charge in [0.05, 0.1) is 12.3 Å². The van der Waals surface area contributed by atoms with Gasteiger partial charge in [-0.2, -0.15) is 17.0 Å². The molecule has 6 nitrogen and oxygen atoms in total. The lowest BCUT2D eigenvalue weighted by molar-refractivity contribution is 0.849. The zero-order chi connectivity index (χ0) is 12.5. The number of nitriles is 1. The van der Waals surface area contributed by atoms with Crippen molar-refractivity contribution in [3.8, 4) is 6.19 Å². The molecule has 0 fully saturated rings. The summed E-state index contributed by atoms with van der Waals surface area (Å²) < 4.78 is 2.01. The molecule has 1 rings (SSSR count). The van der Waals surface area contributed by atoms with Crippen molar-refractivity contribution in [3.63, 3.8) is 0 Å². The van der Waals surface area contributed by atoms with Crippen molar-refractivity contribution in [2.75, 3.05) is 19.3 Å². The summed E-state index contributed by atoms with van der Waals surface area (Å²) in [6.07, 6.45) is 5.56. The molecule has 2 N–H and O–H groups in total. The molecular formula is C10H16N6S.